The number of carbonyl (C=O) groups excluding carboxylic acids is 1. The van der Waals surface area contributed by atoms with E-state index in [1.807, 2.05) is 25.1 Å². The number of carbonyl (C=O) groups is 1. The molecule has 0 bridgehead atoms. The van der Waals surface area contributed by atoms with Gasteiger partial charge in [-0.3, -0.25) is 4.90 Å². The number of benzene rings is 1. The van der Waals surface area contributed by atoms with Crippen LogP contribution in [0.4, 0.5) is 10.7 Å². The maximum Gasteiger partial charge on any atom is 0.410 e. The first kappa shape index (κ1) is 16.0. The molecule has 1 aromatic heterocycles. The Morgan fingerprint density at radius 1 is 1.33 bits per heavy atom. The second-order valence-corrected chi connectivity index (χ2v) is 5.56. The summed E-state index contributed by atoms with van der Waals surface area (Å²) in [6, 6.07) is 5.79. The third-order valence-electron chi connectivity index (χ3n) is 4.02. The molecule has 0 saturated carbocycles. The van der Waals surface area contributed by atoms with Crippen LogP contribution in [-0.4, -0.2) is 34.7 Å². The maximum absolute atomic E-state index is 12.0. The Labute approximate surface area is 140 Å². The summed E-state index contributed by atoms with van der Waals surface area (Å²) in [4.78, 5) is 22.4. The molecule has 0 fully saturated rings. The van der Waals surface area contributed by atoms with Crippen molar-refractivity contribution < 1.29 is 14.3 Å². The fourth-order valence-corrected chi connectivity index (χ4v) is 2.94. The van der Waals surface area contributed by atoms with Gasteiger partial charge in [0, 0.05) is 11.1 Å². The van der Waals surface area contributed by atoms with Crippen molar-refractivity contribution in [3.8, 4) is 17.0 Å². The molecular formula is C17H20N4O3. The van der Waals surface area contributed by atoms with Crippen molar-refractivity contribution in [1.82, 2.24) is 14.9 Å². The quantitative estimate of drug-likeness (QED) is 0.931. The second-order valence-electron chi connectivity index (χ2n) is 5.56. The summed E-state index contributed by atoms with van der Waals surface area (Å²) >= 11 is 0. The molecule has 0 aliphatic carbocycles. The van der Waals surface area contributed by atoms with Crippen molar-refractivity contribution in [1.29, 1.82) is 0 Å². The molecule has 2 heterocycles. The van der Waals surface area contributed by atoms with Gasteiger partial charge in [-0.05, 0) is 25.5 Å². The Balaban J connectivity index is 2.09. The van der Waals surface area contributed by atoms with Crippen molar-refractivity contribution >= 4 is 12.0 Å². The number of rotatable bonds is 3. The van der Waals surface area contributed by atoms with Gasteiger partial charge in [0.15, 0.2) is 0 Å². The monoisotopic (exact) mass is 328 g/mol. The fraction of sp³-hybridized carbons (Fsp3) is 0.353. The van der Waals surface area contributed by atoms with E-state index in [0.717, 1.165) is 22.4 Å². The highest BCUT2D eigenvalue weighted by molar-refractivity contribution is 5.76. The minimum Gasteiger partial charge on any atom is -0.496 e. The van der Waals surface area contributed by atoms with E-state index < -0.39 is 0 Å². The molecule has 1 amide bonds. The van der Waals surface area contributed by atoms with E-state index in [4.69, 9.17) is 15.2 Å². The average molecular weight is 328 g/mol. The number of nitrogens with two attached hydrogens (primary N) is 1. The third-order valence-corrected chi connectivity index (χ3v) is 4.02. The molecule has 7 nitrogen and oxygen atoms in total. The van der Waals surface area contributed by atoms with Crippen LogP contribution in [0.5, 0.6) is 5.75 Å². The van der Waals surface area contributed by atoms with E-state index in [0.29, 0.717) is 31.1 Å². The molecule has 126 valence electrons. The van der Waals surface area contributed by atoms with Crippen molar-refractivity contribution in [3.05, 3.63) is 35.0 Å². The standard InChI is InChI=1S/C17H20N4O3/c1-4-24-17(22)21-8-11-12(9-21)19-16(18)20-15(11)14-10(2)6-5-7-13(14)23-3/h5-7H,4,8-9H2,1-3H3,(H2,18,19,20). The van der Waals surface area contributed by atoms with Crippen LogP contribution in [0, 0.1) is 6.92 Å². The minimum absolute atomic E-state index is 0.180. The molecule has 2 N–H and O–H groups in total. The Morgan fingerprint density at radius 2 is 2.12 bits per heavy atom. The molecule has 2 aromatic rings. The minimum atomic E-state index is -0.364. The van der Waals surface area contributed by atoms with Gasteiger partial charge in [-0.25, -0.2) is 14.8 Å². The number of anilines is 1. The molecule has 0 spiro atoms. The molecule has 0 saturated heterocycles. The summed E-state index contributed by atoms with van der Waals surface area (Å²) in [6.45, 7) is 4.85. The first-order valence-corrected chi connectivity index (χ1v) is 7.76. The van der Waals surface area contributed by atoms with Crippen molar-refractivity contribution in [2.45, 2.75) is 26.9 Å². The van der Waals surface area contributed by atoms with E-state index >= 15 is 0 Å². The molecule has 1 aliphatic heterocycles. The number of nitrogen functional groups attached to an aromatic ring is 1. The Kier molecular flexibility index (Phi) is 4.24. The summed E-state index contributed by atoms with van der Waals surface area (Å²) in [6.07, 6.45) is -0.364. The van der Waals surface area contributed by atoms with Crippen molar-refractivity contribution in [3.63, 3.8) is 0 Å². The molecule has 24 heavy (non-hydrogen) atoms. The highest BCUT2D eigenvalue weighted by Gasteiger charge is 2.30. The summed E-state index contributed by atoms with van der Waals surface area (Å²) in [5, 5.41) is 0. The van der Waals surface area contributed by atoms with Gasteiger partial charge in [0.2, 0.25) is 5.95 Å². The normalized spacial score (nSPS) is 12.9. The third kappa shape index (κ3) is 2.73. The molecular weight excluding hydrogens is 308 g/mol. The second kappa shape index (κ2) is 6.35. The number of aryl methyl sites for hydroxylation is 1. The number of methoxy groups -OCH3 is 1. The lowest BCUT2D eigenvalue weighted by Gasteiger charge is -2.15. The first-order chi connectivity index (χ1) is 11.5. The lowest BCUT2D eigenvalue weighted by atomic mass is 10.00. The number of hydrogen-bond donors (Lipinski definition) is 1. The summed E-state index contributed by atoms with van der Waals surface area (Å²) in [7, 11) is 1.62. The van der Waals surface area contributed by atoms with Crippen LogP contribution < -0.4 is 10.5 Å². The van der Waals surface area contributed by atoms with Crippen molar-refractivity contribution in [2.75, 3.05) is 19.5 Å². The van der Waals surface area contributed by atoms with Gasteiger partial charge in [0.05, 0.1) is 38.2 Å². The first-order valence-electron chi connectivity index (χ1n) is 7.76. The SMILES string of the molecule is CCOC(=O)N1Cc2nc(N)nc(-c3c(C)cccc3OC)c2C1. The van der Waals surface area contributed by atoms with Crippen LogP contribution in [0.3, 0.4) is 0 Å². The van der Waals surface area contributed by atoms with E-state index in [1.165, 1.54) is 0 Å². The van der Waals surface area contributed by atoms with Crippen molar-refractivity contribution in [2.24, 2.45) is 0 Å². The van der Waals surface area contributed by atoms with Gasteiger partial charge in [-0.2, -0.15) is 0 Å². The Bertz CT molecular complexity index is 792. The number of amides is 1. The lowest BCUT2D eigenvalue weighted by Crippen LogP contribution is -2.26. The molecule has 3 rings (SSSR count). The van der Waals surface area contributed by atoms with E-state index in [9.17, 15) is 4.79 Å². The highest BCUT2D eigenvalue weighted by atomic mass is 16.6. The summed E-state index contributed by atoms with van der Waals surface area (Å²) in [5.74, 6) is 0.893. The number of fused-ring (bicyclic) bond motifs is 1. The number of ether oxygens (including phenoxy) is 2. The van der Waals surface area contributed by atoms with Gasteiger partial charge < -0.3 is 15.2 Å². The van der Waals surface area contributed by atoms with Gasteiger partial charge in [-0.15, -0.1) is 0 Å². The zero-order chi connectivity index (χ0) is 17.3. The van der Waals surface area contributed by atoms with Crippen LogP contribution in [0.25, 0.3) is 11.3 Å². The fourth-order valence-electron chi connectivity index (χ4n) is 2.94. The zero-order valence-electron chi connectivity index (χ0n) is 14.0. The van der Waals surface area contributed by atoms with Crippen LogP contribution in [0.1, 0.15) is 23.7 Å². The van der Waals surface area contributed by atoms with Gasteiger partial charge in [-0.1, -0.05) is 12.1 Å². The highest BCUT2D eigenvalue weighted by Crippen LogP contribution is 2.38. The topological polar surface area (TPSA) is 90.6 Å². The Morgan fingerprint density at radius 3 is 2.83 bits per heavy atom. The largest absolute Gasteiger partial charge is 0.496 e. The molecule has 0 unspecified atom stereocenters. The number of aromatic nitrogens is 2. The van der Waals surface area contributed by atoms with Gasteiger partial charge >= 0.3 is 6.09 Å². The number of hydrogen-bond acceptors (Lipinski definition) is 6. The van der Waals surface area contributed by atoms with E-state index in [2.05, 4.69) is 9.97 Å². The molecule has 1 aromatic carbocycles. The molecule has 0 atom stereocenters. The van der Waals surface area contributed by atoms with Crippen LogP contribution in [0.2, 0.25) is 0 Å². The van der Waals surface area contributed by atoms with Crippen LogP contribution >= 0.6 is 0 Å². The van der Waals surface area contributed by atoms with Crippen LogP contribution in [-0.2, 0) is 17.8 Å². The Hall–Kier alpha value is -2.83. The predicted octanol–water partition coefficient (Wildman–Crippen LogP) is 2.51. The molecule has 1 aliphatic rings. The summed E-state index contributed by atoms with van der Waals surface area (Å²) < 4.78 is 10.6. The summed E-state index contributed by atoms with van der Waals surface area (Å²) in [5.41, 5.74) is 10.1. The zero-order valence-corrected chi connectivity index (χ0v) is 14.0. The maximum atomic E-state index is 12.0. The van der Waals surface area contributed by atoms with Crippen LogP contribution in [0.15, 0.2) is 18.2 Å². The smallest absolute Gasteiger partial charge is 0.410 e. The van der Waals surface area contributed by atoms with Gasteiger partial charge in [0.25, 0.3) is 0 Å². The predicted molar refractivity (Wildman–Crippen MR) is 89.4 cm³/mol. The van der Waals surface area contributed by atoms with Gasteiger partial charge in [0.1, 0.15) is 5.75 Å². The van der Waals surface area contributed by atoms with E-state index in [1.54, 1.807) is 18.9 Å². The molecule has 0 radical (unpaired) electrons. The lowest BCUT2D eigenvalue weighted by molar-refractivity contribution is 0.106. The number of nitrogens with zero attached hydrogens (tertiary/aromatic N) is 3. The van der Waals surface area contributed by atoms with E-state index in [-0.39, 0.29) is 12.0 Å². The average Bonchev–Trinajstić information content (AvgIpc) is 2.98. The molecule has 7 heteroatoms.